The number of nitrogens with one attached hydrogen (secondary N) is 2. The zero-order valence-electron chi connectivity index (χ0n) is 13.8. The summed E-state index contributed by atoms with van der Waals surface area (Å²) in [6.45, 7) is 1.33. The van der Waals surface area contributed by atoms with Gasteiger partial charge in [0.15, 0.2) is 5.69 Å². The average Bonchev–Trinajstić information content (AvgIpc) is 3.20. The molecule has 2 heterocycles. The molecule has 1 saturated heterocycles. The summed E-state index contributed by atoms with van der Waals surface area (Å²) in [6, 6.07) is 5.76. The largest absolute Gasteiger partial charge is 0.349 e. The van der Waals surface area contributed by atoms with Crippen LogP contribution in [0.1, 0.15) is 16.1 Å². The van der Waals surface area contributed by atoms with Crippen LogP contribution in [0.15, 0.2) is 30.5 Å². The fourth-order valence-electron chi connectivity index (χ4n) is 2.82. The van der Waals surface area contributed by atoms with Crippen LogP contribution in [0.4, 0.5) is 9.18 Å². The smallest absolute Gasteiger partial charge is 0.317 e. The number of halogens is 1. The minimum Gasteiger partial charge on any atom is -0.349 e. The first-order valence-corrected chi connectivity index (χ1v) is 7.96. The zero-order chi connectivity index (χ0) is 17.8. The molecule has 1 fully saturated rings. The maximum absolute atomic E-state index is 13.4. The van der Waals surface area contributed by atoms with Gasteiger partial charge in [-0.3, -0.25) is 9.48 Å². The third-order valence-corrected chi connectivity index (χ3v) is 4.02. The van der Waals surface area contributed by atoms with Gasteiger partial charge < -0.3 is 15.5 Å². The van der Waals surface area contributed by atoms with E-state index in [1.165, 1.54) is 23.0 Å². The van der Waals surface area contributed by atoms with Crippen molar-refractivity contribution >= 4 is 11.9 Å². The van der Waals surface area contributed by atoms with Crippen LogP contribution < -0.4 is 10.6 Å². The lowest BCUT2D eigenvalue weighted by atomic mass is 10.0. The predicted molar refractivity (Wildman–Crippen MR) is 87.3 cm³/mol. The van der Waals surface area contributed by atoms with Crippen molar-refractivity contribution in [1.82, 2.24) is 30.5 Å². The highest BCUT2D eigenvalue weighted by Gasteiger charge is 2.28. The van der Waals surface area contributed by atoms with Crippen LogP contribution in [0.2, 0.25) is 0 Å². The SMILES string of the molecule is Cn1cc(C(=O)NC[C@H](Cc2cccc(F)c2)N2CCNC2=O)nn1. The molecule has 0 unspecified atom stereocenters. The van der Waals surface area contributed by atoms with Gasteiger partial charge in [0, 0.05) is 26.7 Å². The predicted octanol–water partition coefficient (Wildman–Crippen LogP) is 0.321. The molecular weight excluding hydrogens is 327 g/mol. The second-order valence-electron chi connectivity index (χ2n) is 5.90. The van der Waals surface area contributed by atoms with Gasteiger partial charge in [0.05, 0.1) is 12.2 Å². The molecule has 0 saturated carbocycles. The van der Waals surface area contributed by atoms with E-state index in [4.69, 9.17) is 0 Å². The normalized spacial score (nSPS) is 15.1. The Kier molecular flexibility index (Phi) is 4.92. The minimum absolute atomic E-state index is 0.185. The first-order chi connectivity index (χ1) is 12.0. The lowest BCUT2D eigenvalue weighted by molar-refractivity contribution is 0.0935. The topological polar surface area (TPSA) is 92.2 Å². The van der Waals surface area contributed by atoms with Gasteiger partial charge in [-0.25, -0.2) is 9.18 Å². The lowest BCUT2D eigenvalue weighted by Gasteiger charge is -2.27. The van der Waals surface area contributed by atoms with Crippen LogP contribution in [0, 0.1) is 5.82 Å². The number of aryl methyl sites for hydroxylation is 1. The Morgan fingerprint density at radius 1 is 1.48 bits per heavy atom. The molecule has 1 aromatic carbocycles. The molecule has 25 heavy (non-hydrogen) atoms. The van der Waals surface area contributed by atoms with Gasteiger partial charge >= 0.3 is 6.03 Å². The maximum atomic E-state index is 13.4. The summed E-state index contributed by atoms with van der Waals surface area (Å²) in [7, 11) is 1.67. The molecule has 3 rings (SSSR count). The van der Waals surface area contributed by atoms with E-state index in [0.717, 1.165) is 5.56 Å². The Morgan fingerprint density at radius 3 is 2.96 bits per heavy atom. The number of hydrogen-bond acceptors (Lipinski definition) is 4. The molecular formula is C16H19FN6O2. The molecule has 0 aliphatic carbocycles. The summed E-state index contributed by atoms with van der Waals surface area (Å²) in [4.78, 5) is 25.8. The number of carbonyl (C=O) groups excluding carboxylic acids is 2. The van der Waals surface area contributed by atoms with E-state index in [2.05, 4.69) is 20.9 Å². The first-order valence-electron chi connectivity index (χ1n) is 7.96. The number of urea groups is 1. The number of aromatic nitrogens is 3. The van der Waals surface area contributed by atoms with Gasteiger partial charge in [-0.05, 0) is 24.1 Å². The van der Waals surface area contributed by atoms with Gasteiger partial charge in [0.2, 0.25) is 0 Å². The third kappa shape index (κ3) is 4.11. The monoisotopic (exact) mass is 346 g/mol. The molecule has 1 aliphatic rings. The number of hydrogen-bond donors (Lipinski definition) is 2. The van der Waals surface area contributed by atoms with Crippen molar-refractivity contribution in [2.24, 2.45) is 7.05 Å². The van der Waals surface area contributed by atoms with E-state index in [1.54, 1.807) is 24.1 Å². The maximum Gasteiger partial charge on any atom is 0.317 e. The van der Waals surface area contributed by atoms with E-state index in [9.17, 15) is 14.0 Å². The molecule has 8 nitrogen and oxygen atoms in total. The van der Waals surface area contributed by atoms with Crippen LogP contribution in [0.25, 0.3) is 0 Å². The highest BCUT2D eigenvalue weighted by atomic mass is 19.1. The number of carbonyl (C=O) groups is 2. The number of benzene rings is 1. The van der Waals surface area contributed by atoms with Gasteiger partial charge in [-0.15, -0.1) is 5.10 Å². The van der Waals surface area contributed by atoms with Crippen molar-refractivity contribution < 1.29 is 14.0 Å². The molecule has 2 N–H and O–H groups in total. The van der Waals surface area contributed by atoms with Gasteiger partial charge in [0.1, 0.15) is 5.82 Å². The zero-order valence-corrected chi connectivity index (χ0v) is 13.8. The van der Waals surface area contributed by atoms with Gasteiger partial charge in [0.25, 0.3) is 5.91 Å². The number of amides is 3. The van der Waals surface area contributed by atoms with Crippen molar-refractivity contribution in [2.45, 2.75) is 12.5 Å². The van der Waals surface area contributed by atoms with Crippen molar-refractivity contribution in [3.8, 4) is 0 Å². The quantitative estimate of drug-likeness (QED) is 0.788. The molecule has 3 amide bonds. The van der Waals surface area contributed by atoms with E-state index in [0.29, 0.717) is 19.5 Å². The van der Waals surface area contributed by atoms with E-state index >= 15 is 0 Å². The standard InChI is InChI=1S/C16H19FN6O2/c1-22-10-14(20-21-22)15(24)19-9-13(23-6-5-18-16(23)25)8-11-3-2-4-12(17)7-11/h2-4,7,10,13H,5-6,8-9H2,1H3,(H,18,25)(H,19,24)/t13-/m0/s1. The fourth-order valence-corrected chi connectivity index (χ4v) is 2.82. The highest BCUT2D eigenvalue weighted by molar-refractivity contribution is 5.91. The van der Waals surface area contributed by atoms with E-state index in [1.807, 2.05) is 0 Å². The molecule has 1 aromatic heterocycles. The second kappa shape index (κ2) is 7.29. The van der Waals surface area contributed by atoms with Crippen LogP contribution >= 0.6 is 0 Å². The molecule has 9 heteroatoms. The van der Waals surface area contributed by atoms with Crippen molar-refractivity contribution in [3.05, 3.63) is 47.5 Å². The molecule has 1 aliphatic heterocycles. The Labute approximate surface area is 144 Å². The Morgan fingerprint density at radius 2 is 2.32 bits per heavy atom. The Bertz CT molecular complexity index is 777. The average molecular weight is 346 g/mol. The van der Waals surface area contributed by atoms with Crippen molar-refractivity contribution in [3.63, 3.8) is 0 Å². The van der Waals surface area contributed by atoms with E-state index < -0.39 is 0 Å². The second-order valence-corrected chi connectivity index (χ2v) is 5.90. The summed E-state index contributed by atoms with van der Waals surface area (Å²) >= 11 is 0. The lowest BCUT2D eigenvalue weighted by Crippen LogP contribution is -2.46. The van der Waals surface area contributed by atoms with Crippen LogP contribution in [-0.4, -0.2) is 57.5 Å². The summed E-state index contributed by atoms with van der Waals surface area (Å²) < 4.78 is 14.9. The van der Waals surface area contributed by atoms with Crippen molar-refractivity contribution in [2.75, 3.05) is 19.6 Å². The van der Waals surface area contributed by atoms with Crippen LogP contribution in [0.3, 0.4) is 0 Å². The summed E-state index contributed by atoms with van der Waals surface area (Å²) in [5.74, 6) is -0.692. The van der Waals surface area contributed by atoms with Gasteiger partial charge in [-0.1, -0.05) is 17.3 Å². The van der Waals surface area contributed by atoms with Crippen LogP contribution in [0.5, 0.6) is 0 Å². The summed E-state index contributed by atoms with van der Waals surface area (Å²) in [5.41, 5.74) is 0.969. The minimum atomic E-state index is -0.364. The summed E-state index contributed by atoms with van der Waals surface area (Å²) in [5, 5.41) is 13.0. The Balaban J connectivity index is 1.70. The Hall–Kier alpha value is -2.97. The van der Waals surface area contributed by atoms with E-state index in [-0.39, 0.29) is 36.0 Å². The highest BCUT2D eigenvalue weighted by Crippen LogP contribution is 2.13. The molecule has 0 bridgehead atoms. The molecule has 132 valence electrons. The molecule has 2 aromatic rings. The summed E-state index contributed by atoms with van der Waals surface area (Å²) in [6.07, 6.45) is 1.95. The first kappa shape index (κ1) is 16.9. The third-order valence-electron chi connectivity index (χ3n) is 4.02. The molecule has 0 radical (unpaired) electrons. The fraction of sp³-hybridized carbons (Fsp3) is 0.375. The molecule has 1 atom stereocenters. The van der Waals surface area contributed by atoms with Crippen LogP contribution in [-0.2, 0) is 13.5 Å². The molecule has 0 spiro atoms. The van der Waals surface area contributed by atoms with Gasteiger partial charge in [-0.2, -0.15) is 0 Å². The number of nitrogens with zero attached hydrogens (tertiary/aromatic N) is 4. The van der Waals surface area contributed by atoms with Crippen molar-refractivity contribution in [1.29, 1.82) is 0 Å². The number of rotatable bonds is 6.